The SMILES string of the molecule is O=C(COc1ccc(-n2cnnn2)cc1)Nc1ccc(-c2ccccc2)cc1. The standard InChI is InChI=1S/C21H17N5O2/c27-21(14-28-20-12-10-19(11-13-20)26-15-22-24-25-26)23-18-8-6-17(7-9-18)16-4-2-1-3-5-16/h1-13,15H,14H2,(H,23,27). The van der Waals surface area contributed by atoms with Crippen molar-refractivity contribution in [1.82, 2.24) is 20.2 Å². The Bertz CT molecular complexity index is 1030. The highest BCUT2D eigenvalue weighted by Crippen LogP contribution is 2.21. The zero-order valence-corrected chi connectivity index (χ0v) is 14.9. The summed E-state index contributed by atoms with van der Waals surface area (Å²) in [6.45, 7) is -0.0787. The molecule has 1 aromatic heterocycles. The second-order valence-electron chi connectivity index (χ2n) is 6.03. The normalized spacial score (nSPS) is 10.4. The maximum atomic E-state index is 12.1. The summed E-state index contributed by atoms with van der Waals surface area (Å²) in [6.07, 6.45) is 1.51. The van der Waals surface area contributed by atoms with E-state index in [2.05, 4.69) is 20.8 Å². The quantitative estimate of drug-likeness (QED) is 0.562. The number of amides is 1. The third-order valence-corrected chi connectivity index (χ3v) is 4.10. The molecule has 7 heteroatoms. The minimum atomic E-state index is -0.225. The van der Waals surface area contributed by atoms with Crippen molar-refractivity contribution in [3.63, 3.8) is 0 Å². The molecule has 3 aromatic carbocycles. The smallest absolute Gasteiger partial charge is 0.262 e. The molecule has 138 valence electrons. The molecule has 1 heterocycles. The van der Waals surface area contributed by atoms with Crippen LogP contribution in [0.3, 0.4) is 0 Å². The number of tetrazole rings is 1. The number of hydrogen-bond acceptors (Lipinski definition) is 5. The van der Waals surface area contributed by atoms with Crippen molar-refractivity contribution in [3.05, 3.63) is 85.2 Å². The number of benzene rings is 3. The van der Waals surface area contributed by atoms with Gasteiger partial charge in [-0.3, -0.25) is 4.79 Å². The topological polar surface area (TPSA) is 81.9 Å². The van der Waals surface area contributed by atoms with Crippen molar-refractivity contribution in [3.8, 4) is 22.6 Å². The molecule has 0 bridgehead atoms. The Labute approximate surface area is 161 Å². The van der Waals surface area contributed by atoms with Gasteiger partial charge in [0.05, 0.1) is 5.69 Å². The lowest BCUT2D eigenvalue weighted by molar-refractivity contribution is -0.118. The monoisotopic (exact) mass is 371 g/mol. The molecule has 0 aliphatic rings. The molecule has 0 saturated carbocycles. The van der Waals surface area contributed by atoms with E-state index in [-0.39, 0.29) is 12.5 Å². The highest BCUT2D eigenvalue weighted by Gasteiger charge is 2.05. The van der Waals surface area contributed by atoms with Gasteiger partial charge < -0.3 is 10.1 Å². The van der Waals surface area contributed by atoms with Crippen LogP contribution in [0, 0.1) is 0 Å². The Morgan fingerprint density at radius 1 is 0.893 bits per heavy atom. The third-order valence-electron chi connectivity index (χ3n) is 4.10. The van der Waals surface area contributed by atoms with Crippen molar-refractivity contribution in [2.45, 2.75) is 0 Å². The van der Waals surface area contributed by atoms with Gasteiger partial charge >= 0.3 is 0 Å². The average molecular weight is 371 g/mol. The van der Waals surface area contributed by atoms with Crippen LogP contribution in [-0.4, -0.2) is 32.7 Å². The Hall–Kier alpha value is -4.00. The lowest BCUT2D eigenvalue weighted by Gasteiger charge is -2.09. The second kappa shape index (κ2) is 8.13. The van der Waals surface area contributed by atoms with Gasteiger partial charge in [0.25, 0.3) is 5.91 Å². The van der Waals surface area contributed by atoms with Crippen molar-refractivity contribution in [2.75, 3.05) is 11.9 Å². The van der Waals surface area contributed by atoms with Gasteiger partial charge in [0.1, 0.15) is 12.1 Å². The largest absolute Gasteiger partial charge is 0.484 e. The maximum Gasteiger partial charge on any atom is 0.262 e. The number of nitrogens with one attached hydrogen (secondary N) is 1. The van der Waals surface area contributed by atoms with Gasteiger partial charge in [-0.05, 0) is 58.0 Å². The highest BCUT2D eigenvalue weighted by molar-refractivity contribution is 5.92. The lowest BCUT2D eigenvalue weighted by Crippen LogP contribution is -2.20. The molecule has 0 fully saturated rings. The summed E-state index contributed by atoms with van der Waals surface area (Å²) < 4.78 is 7.07. The second-order valence-corrected chi connectivity index (χ2v) is 6.03. The number of ether oxygens (including phenoxy) is 1. The van der Waals surface area contributed by atoms with Gasteiger partial charge in [0.15, 0.2) is 6.61 Å². The molecule has 0 aliphatic carbocycles. The average Bonchev–Trinajstić information content (AvgIpc) is 3.29. The van der Waals surface area contributed by atoms with E-state index in [9.17, 15) is 4.79 Å². The molecule has 4 rings (SSSR count). The first-order valence-corrected chi connectivity index (χ1v) is 8.69. The highest BCUT2D eigenvalue weighted by atomic mass is 16.5. The molecule has 28 heavy (non-hydrogen) atoms. The predicted octanol–water partition coefficient (Wildman–Crippen LogP) is 3.35. The van der Waals surface area contributed by atoms with E-state index in [0.29, 0.717) is 5.75 Å². The number of aromatic nitrogens is 4. The first-order valence-electron chi connectivity index (χ1n) is 8.69. The molecule has 0 atom stereocenters. The number of anilines is 1. The Kier molecular flexibility index (Phi) is 5.06. The Morgan fingerprint density at radius 2 is 1.61 bits per heavy atom. The molecule has 4 aromatic rings. The van der Waals surface area contributed by atoms with Crippen molar-refractivity contribution in [1.29, 1.82) is 0 Å². The zero-order valence-electron chi connectivity index (χ0n) is 14.9. The van der Waals surface area contributed by atoms with Crippen molar-refractivity contribution >= 4 is 11.6 Å². The number of carbonyl (C=O) groups excluding carboxylic acids is 1. The summed E-state index contributed by atoms with van der Waals surface area (Å²) in [5, 5.41) is 13.8. The molecule has 0 unspecified atom stereocenters. The molecule has 1 N–H and O–H groups in total. The van der Waals surface area contributed by atoms with E-state index in [4.69, 9.17) is 4.74 Å². The minimum Gasteiger partial charge on any atom is -0.484 e. The fourth-order valence-corrected chi connectivity index (χ4v) is 2.70. The van der Waals surface area contributed by atoms with Gasteiger partial charge in [-0.25, -0.2) is 4.68 Å². The first-order chi connectivity index (χ1) is 13.8. The fraction of sp³-hybridized carbons (Fsp3) is 0.0476. The van der Waals surface area contributed by atoms with Crippen LogP contribution in [0.2, 0.25) is 0 Å². The van der Waals surface area contributed by atoms with Crippen molar-refractivity contribution in [2.24, 2.45) is 0 Å². The molecule has 0 spiro atoms. The molecule has 7 nitrogen and oxygen atoms in total. The Morgan fingerprint density at radius 3 is 2.29 bits per heavy atom. The van der Waals surface area contributed by atoms with E-state index >= 15 is 0 Å². The van der Waals surface area contributed by atoms with Gasteiger partial charge in [0, 0.05) is 5.69 Å². The van der Waals surface area contributed by atoms with Gasteiger partial charge in [-0.1, -0.05) is 42.5 Å². The van der Waals surface area contributed by atoms with Crippen molar-refractivity contribution < 1.29 is 9.53 Å². The number of hydrogen-bond donors (Lipinski definition) is 1. The third kappa shape index (κ3) is 4.21. The van der Waals surface area contributed by atoms with Crippen LogP contribution >= 0.6 is 0 Å². The van der Waals surface area contributed by atoms with E-state index in [1.54, 1.807) is 12.1 Å². The van der Waals surface area contributed by atoms with E-state index < -0.39 is 0 Å². The minimum absolute atomic E-state index is 0.0787. The summed E-state index contributed by atoms with van der Waals surface area (Å²) >= 11 is 0. The fourth-order valence-electron chi connectivity index (χ4n) is 2.70. The molecule has 0 radical (unpaired) electrons. The van der Waals surface area contributed by atoms with Gasteiger partial charge in [-0.15, -0.1) is 5.10 Å². The Balaban J connectivity index is 1.31. The summed E-state index contributed by atoms with van der Waals surface area (Å²) in [5.41, 5.74) is 3.76. The van der Waals surface area contributed by atoms with Crippen LogP contribution in [0.15, 0.2) is 85.2 Å². The van der Waals surface area contributed by atoms with Gasteiger partial charge in [0.2, 0.25) is 0 Å². The lowest BCUT2D eigenvalue weighted by atomic mass is 10.1. The summed E-state index contributed by atoms with van der Waals surface area (Å²) in [4.78, 5) is 12.1. The van der Waals surface area contributed by atoms with Crippen LogP contribution < -0.4 is 10.1 Å². The summed E-state index contributed by atoms with van der Waals surface area (Å²) in [6, 6.07) is 24.9. The van der Waals surface area contributed by atoms with E-state index in [1.165, 1.54) is 11.0 Å². The summed E-state index contributed by atoms with van der Waals surface area (Å²) in [7, 11) is 0. The van der Waals surface area contributed by atoms with Crippen LogP contribution in [-0.2, 0) is 4.79 Å². The van der Waals surface area contributed by atoms with Crippen LogP contribution in [0.25, 0.3) is 16.8 Å². The molecular weight excluding hydrogens is 354 g/mol. The molecule has 0 saturated heterocycles. The zero-order chi connectivity index (χ0) is 19.2. The number of carbonyl (C=O) groups is 1. The number of rotatable bonds is 6. The van der Waals surface area contributed by atoms with Crippen LogP contribution in [0.1, 0.15) is 0 Å². The maximum absolute atomic E-state index is 12.1. The molecular formula is C21H17N5O2. The van der Waals surface area contributed by atoms with Crippen LogP contribution in [0.5, 0.6) is 5.75 Å². The number of nitrogens with zero attached hydrogens (tertiary/aromatic N) is 4. The van der Waals surface area contributed by atoms with E-state index in [1.807, 2.05) is 66.7 Å². The molecule has 0 aliphatic heterocycles. The van der Waals surface area contributed by atoms with Crippen LogP contribution in [0.4, 0.5) is 5.69 Å². The van der Waals surface area contributed by atoms with Gasteiger partial charge in [-0.2, -0.15) is 0 Å². The predicted molar refractivity (Wildman–Crippen MR) is 105 cm³/mol. The van der Waals surface area contributed by atoms with E-state index in [0.717, 1.165) is 22.5 Å². The summed E-state index contributed by atoms with van der Waals surface area (Å²) in [5.74, 6) is 0.364. The molecule has 1 amide bonds. The first kappa shape index (κ1) is 17.4.